The summed E-state index contributed by atoms with van der Waals surface area (Å²) >= 11 is 0. The first-order valence-corrected chi connectivity index (χ1v) is 7.68. The zero-order valence-electron chi connectivity index (χ0n) is 12.7. The number of hydrogen-bond acceptors (Lipinski definition) is 3. The SMILES string of the molecule is CC(C)c1nn(-c2ccccc2)cc1CN1CC[C@@H](O)C1. The molecule has 0 saturated carbocycles. The van der Waals surface area contributed by atoms with E-state index < -0.39 is 0 Å². The smallest absolute Gasteiger partial charge is 0.0699 e. The van der Waals surface area contributed by atoms with Gasteiger partial charge >= 0.3 is 0 Å². The molecule has 1 aliphatic rings. The van der Waals surface area contributed by atoms with Crippen LogP contribution in [0, 0.1) is 0 Å². The Morgan fingerprint density at radius 1 is 1.29 bits per heavy atom. The second-order valence-electron chi connectivity index (χ2n) is 6.15. The third kappa shape index (κ3) is 3.17. The van der Waals surface area contributed by atoms with Crippen molar-refractivity contribution in [2.24, 2.45) is 0 Å². The lowest BCUT2D eigenvalue weighted by Crippen LogP contribution is -2.22. The Morgan fingerprint density at radius 2 is 2.05 bits per heavy atom. The number of aromatic nitrogens is 2. The fourth-order valence-corrected chi connectivity index (χ4v) is 2.94. The number of benzene rings is 1. The van der Waals surface area contributed by atoms with Gasteiger partial charge in [0.2, 0.25) is 0 Å². The monoisotopic (exact) mass is 285 g/mol. The van der Waals surface area contributed by atoms with Crippen LogP contribution < -0.4 is 0 Å². The van der Waals surface area contributed by atoms with Crippen molar-refractivity contribution < 1.29 is 5.11 Å². The van der Waals surface area contributed by atoms with E-state index in [1.54, 1.807) is 0 Å². The molecule has 1 atom stereocenters. The van der Waals surface area contributed by atoms with Gasteiger partial charge in [-0.1, -0.05) is 32.0 Å². The van der Waals surface area contributed by atoms with E-state index in [-0.39, 0.29) is 6.10 Å². The molecule has 21 heavy (non-hydrogen) atoms. The van der Waals surface area contributed by atoms with E-state index in [1.807, 2.05) is 22.9 Å². The third-order valence-electron chi connectivity index (χ3n) is 4.03. The van der Waals surface area contributed by atoms with E-state index in [0.717, 1.165) is 37.4 Å². The summed E-state index contributed by atoms with van der Waals surface area (Å²) in [7, 11) is 0. The summed E-state index contributed by atoms with van der Waals surface area (Å²) in [6.07, 6.45) is 2.84. The molecule has 0 spiro atoms. The fraction of sp³-hybridized carbons (Fsp3) is 0.471. The predicted octanol–water partition coefficient (Wildman–Crippen LogP) is 2.56. The van der Waals surface area contributed by atoms with Crippen LogP contribution in [0.15, 0.2) is 36.5 Å². The fourth-order valence-electron chi connectivity index (χ4n) is 2.94. The van der Waals surface area contributed by atoms with Gasteiger partial charge in [-0.25, -0.2) is 4.68 Å². The molecule has 1 aromatic heterocycles. The lowest BCUT2D eigenvalue weighted by molar-refractivity contribution is 0.174. The molecule has 0 amide bonds. The molecule has 4 heteroatoms. The van der Waals surface area contributed by atoms with Gasteiger partial charge in [0.15, 0.2) is 0 Å². The second kappa shape index (κ2) is 6.00. The van der Waals surface area contributed by atoms with Crippen LogP contribution in [0.4, 0.5) is 0 Å². The van der Waals surface area contributed by atoms with Crippen LogP contribution in [0.1, 0.15) is 37.4 Å². The van der Waals surface area contributed by atoms with E-state index >= 15 is 0 Å². The summed E-state index contributed by atoms with van der Waals surface area (Å²) in [5.41, 5.74) is 3.51. The zero-order chi connectivity index (χ0) is 14.8. The minimum Gasteiger partial charge on any atom is -0.392 e. The van der Waals surface area contributed by atoms with Crippen LogP contribution in [-0.4, -0.2) is 39.0 Å². The molecule has 2 heterocycles. The van der Waals surface area contributed by atoms with Gasteiger partial charge in [0.05, 0.1) is 17.5 Å². The van der Waals surface area contributed by atoms with E-state index in [4.69, 9.17) is 5.10 Å². The van der Waals surface area contributed by atoms with E-state index in [1.165, 1.54) is 5.56 Å². The van der Waals surface area contributed by atoms with Gasteiger partial charge in [-0.05, 0) is 24.5 Å². The van der Waals surface area contributed by atoms with Gasteiger partial charge in [0.25, 0.3) is 0 Å². The number of hydrogen-bond donors (Lipinski definition) is 1. The molecular weight excluding hydrogens is 262 g/mol. The van der Waals surface area contributed by atoms with Gasteiger partial charge in [0.1, 0.15) is 0 Å². The predicted molar refractivity (Wildman–Crippen MR) is 83.6 cm³/mol. The van der Waals surface area contributed by atoms with Gasteiger partial charge in [-0.2, -0.15) is 5.10 Å². The molecule has 1 aliphatic heterocycles. The van der Waals surface area contributed by atoms with E-state index in [2.05, 4.69) is 37.1 Å². The lowest BCUT2D eigenvalue weighted by Gasteiger charge is -2.15. The van der Waals surface area contributed by atoms with Crippen molar-refractivity contribution in [3.63, 3.8) is 0 Å². The van der Waals surface area contributed by atoms with Crippen LogP contribution in [0.25, 0.3) is 5.69 Å². The molecule has 1 fully saturated rings. The first-order chi connectivity index (χ1) is 10.1. The van der Waals surface area contributed by atoms with Crippen molar-refractivity contribution >= 4 is 0 Å². The maximum absolute atomic E-state index is 9.68. The van der Waals surface area contributed by atoms with Crippen molar-refractivity contribution in [2.45, 2.75) is 38.8 Å². The lowest BCUT2D eigenvalue weighted by atomic mass is 10.1. The molecule has 1 saturated heterocycles. The van der Waals surface area contributed by atoms with Gasteiger partial charge in [-0.15, -0.1) is 0 Å². The number of aliphatic hydroxyl groups is 1. The average molecular weight is 285 g/mol. The summed E-state index contributed by atoms with van der Waals surface area (Å²) in [6, 6.07) is 10.2. The van der Waals surface area contributed by atoms with Crippen molar-refractivity contribution in [2.75, 3.05) is 13.1 Å². The first kappa shape index (κ1) is 14.3. The van der Waals surface area contributed by atoms with Crippen molar-refractivity contribution in [3.8, 4) is 5.69 Å². The Bertz CT molecular complexity index is 591. The molecule has 2 aromatic rings. The normalized spacial score (nSPS) is 19.5. The minimum absolute atomic E-state index is 0.170. The number of likely N-dealkylation sites (tertiary alicyclic amines) is 1. The van der Waals surface area contributed by atoms with Crippen LogP contribution in [0.2, 0.25) is 0 Å². The average Bonchev–Trinajstić information content (AvgIpc) is 3.07. The minimum atomic E-state index is -0.170. The van der Waals surface area contributed by atoms with Gasteiger partial charge < -0.3 is 5.11 Å². The highest BCUT2D eigenvalue weighted by atomic mass is 16.3. The van der Waals surface area contributed by atoms with Crippen molar-refractivity contribution in [1.82, 2.24) is 14.7 Å². The molecule has 3 rings (SSSR count). The Balaban J connectivity index is 1.86. The van der Waals surface area contributed by atoms with E-state index in [0.29, 0.717) is 5.92 Å². The molecule has 112 valence electrons. The Morgan fingerprint density at radius 3 is 2.67 bits per heavy atom. The quantitative estimate of drug-likeness (QED) is 0.938. The molecule has 0 aliphatic carbocycles. The molecule has 0 bridgehead atoms. The zero-order valence-corrected chi connectivity index (χ0v) is 12.7. The molecule has 1 aromatic carbocycles. The standard InChI is InChI=1S/C17H23N3O/c1-13(2)17-14(10-19-9-8-16(21)12-19)11-20(18-17)15-6-4-3-5-7-15/h3-7,11,13,16,21H,8-10,12H2,1-2H3/t16-/m1/s1. The Labute approximate surface area is 126 Å². The number of nitrogens with zero attached hydrogens (tertiary/aromatic N) is 3. The summed E-state index contributed by atoms with van der Waals surface area (Å²) in [4.78, 5) is 2.31. The molecular formula is C17H23N3O. The summed E-state index contributed by atoms with van der Waals surface area (Å²) in [6.45, 7) is 6.97. The maximum atomic E-state index is 9.68. The Kier molecular flexibility index (Phi) is 4.08. The topological polar surface area (TPSA) is 41.3 Å². The Hall–Kier alpha value is -1.65. The molecule has 0 unspecified atom stereocenters. The summed E-state index contributed by atoms with van der Waals surface area (Å²) < 4.78 is 1.97. The maximum Gasteiger partial charge on any atom is 0.0699 e. The van der Waals surface area contributed by atoms with Crippen molar-refractivity contribution in [1.29, 1.82) is 0 Å². The molecule has 0 radical (unpaired) electrons. The van der Waals surface area contributed by atoms with Gasteiger partial charge in [0, 0.05) is 31.4 Å². The largest absolute Gasteiger partial charge is 0.392 e. The molecule has 1 N–H and O–H groups in total. The van der Waals surface area contributed by atoms with Crippen LogP contribution in [0.5, 0.6) is 0 Å². The number of β-amino-alcohol motifs (C(OH)–C–C–N with tert-alkyl or cyclic N) is 1. The third-order valence-corrected chi connectivity index (χ3v) is 4.03. The summed E-state index contributed by atoms with van der Waals surface area (Å²) in [5.74, 6) is 0.400. The molecule has 4 nitrogen and oxygen atoms in total. The second-order valence-corrected chi connectivity index (χ2v) is 6.15. The van der Waals surface area contributed by atoms with E-state index in [9.17, 15) is 5.11 Å². The van der Waals surface area contributed by atoms with Crippen molar-refractivity contribution in [3.05, 3.63) is 47.8 Å². The highest BCUT2D eigenvalue weighted by Gasteiger charge is 2.22. The van der Waals surface area contributed by atoms with Crippen LogP contribution in [-0.2, 0) is 6.54 Å². The number of rotatable bonds is 4. The number of aliphatic hydroxyl groups excluding tert-OH is 1. The summed E-state index contributed by atoms with van der Waals surface area (Å²) in [5, 5.41) is 14.4. The first-order valence-electron chi connectivity index (χ1n) is 7.68. The number of para-hydroxylation sites is 1. The van der Waals surface area contributed by atoms with Gasteiger partial charge in [-0.3, -0.25) is 4.90 Å². The van der Waals surface area contributed by atoms with Crippen LogP contribution in [0.3, 0.4) is 0 Å². The highest BCUT2D eigenvalue weighted by molar-refractivity contribution is 5.33. The van der Waals surface area contributed by atoms with Crippen LogP contribution >= 0.6 is 0 Å². The highest BCUT2D eigenvalue weighted by Crippen LogP contribution is 2.23.